The molecule has 0 aliphatic carbocycles. The van der Waals surface area contributed by atoms with Gasteiger partial charge < -0.3 is 15.8 Å². The third kappa shape index (κ3) is 5.29. The van der Waals surface area contributed by atoms with Crippen LogP contribution < -0.4 is 10.6 Å². The number of nitro groups is 2. The second-order valence-corrected chi connectivity index (χ2v) is 5.65. The maximum Gasteiger partial charge on any atom is 0.299 e. The second kappa shape index (κ2) is 8.51. The van der Waals surface area contributed by atoms with Crippen molar-refractivity contribution in [2.24, 2.45) is 5.11 Å². The Bertz CT molecular complexity index is 1050. The lowest BCUT2D eigenvalue weighted by Crippen LogP contribution is -2.08. The lowest BCUT2D eigenvalue weighted by atomic mass is 10.2. The molecule has 0 atom stereocenters. The van der Waals surface area contributed by atoms with E-state index in [9.17, 15) is 35.0 Å². The number of nitrogens with one attached hydrogen (secondary N) is 2. The van der Waals surface area contributed by atoms with Crippen molar-refractivity contribution in [3.05, 3.63) is 61.8 Å². The summed E-state index contributed by atoms with van der Waals surface area (Å²) in [4.78, 5) is 43.1. The van der Waals surface area contributed by atoms with Gasteiger partial charge in [0.05, 0.1) is 22.0 Å². The van der Waals surface area contributed by atoms with E-state index in [2.05, 4.69) is 15.7 Å². The Morgan fingerprint density at radius 2 is 1.31 bits per heavy atom. The van der Waals surface area contributed by atoms with Crippen LogP contribution >= 0.6 is 0 Å². The number of amides is 2. The van der Waals surface area contributed by atoms with Crippen molar-refractivity contribution < 1.29 is 24.3 Å². The van der Waals surface area contributed by atoms with E-state index in [4.69, 9.17) is 0 Å². The summed E-state index contributed by atoms with van der Waals surface area (Å²) < 4.78 is 0. The molecule has 150 valence electrons. The molecule has 0 aliphatic heterocycles. The summed E-state index contributed by atoms with van der Waals surface area (Å²) in [6, 6.07) is 6.68. The first kappa shape index (κ1) is 20.9. The molecule has 2 N–H and O–H groups in total. The van der Waals surface area contributed by atoms with E-state index in [-0.39, 0.29) is 27.6 Å². The Hall–Kier alpha value is -4.42. The molecular formula is C16H14N6O7. The van der Waals surface area contributed by atoms with Crippen LogP contribution in [-0.4, -0.2) is 26.5 Å². The van der Waals surface area contributed by atoms with Gasteiger partial charge in [-0.15, -0.1) is 0 Å². The number of nitrogens with zero attached hydrogens (tertiary/aromatic N) is 4. The van der Waals surface area contributed by atoms with Crippen LogP contribution in [0.5, 0.6) is 0 Å². The van der Waals surface area contributed by atoms with Crippen LogP contribution in [0.3, 0.4) is 0 Å². The molecule has 2 aromatic carbocycles. The third-order valence-corrected chi connectivity index (χ3v) is 3.40. The number of rotatable bonds is 6. The van der Waals surface area contributed by atoms with Gasteiger partial charge in [0.25, 0.3) is 17.1 Å². The van der Waals surface area contributed by atoms with Gasteiger partial charge in [-0.3, -0.25) is 29.8 Å². The Balaban J connectivity index is 2.45. The van der Waals surface area contributed by atoms with Gasteiger partial charge in [0.2, 0.25) is 11.8 Å². The van der Waals surface area contributed by atoms with Crippen LogP contribution in [0.1, 0.15) is 13.8 Å². The standard InChI is InChI=1S/C16H14N6O7/c1-9(23)17-13-5-3-11(7-15(13)21(26)27)19-20(25)12-4-6-14(18-10(2)24)16(8-12)22(28)29/h3-8H,1-2H3,(H,17,23)(H,18,24). The number of carbonyl (C=O) groups is 2. The number of benzene rings is 2. The second-order valence-electron chi connectivity index (χ2n) is 5.65. The number of hydrogen-bond acceptors (Lipinski definition) is 8. The van der Waals surface area contributed by atoms with Crippen molar-refractivity contribution in [3.63, 3.8) is 0 Å². The third-order valence-electron chi connectivity index (χ3n) is 3.40. The molecule has 0 radical (unpaired) electrons. The molecule has 29 heavy (non-hydrogen) atoms. The van der Waals surface area contributed by atoms with Gasteiger partial charge in [-0.05, 0) is 23.1 Å². The topological polar surface area (TPSA) is 183 Å². The zero-order valence-electron chi connectivity index (χ0n) is 15.1. The molecule has 0 aromatic heterocycles. The van der Waals surface area contributed by atoms with Gasteiger partial charge in [0.15, 0.2) is 0 Å². The number of nitro benzene ring substituents is 2. The monoisotopic (exact) mass is 402 g/mol. The summed E-state index contributed by atoms with van der Waals surface area (Å²) in [5.74, 6) is -1.05. The molecule has 13 heteroatoms. The van der Waals surface area contributed by atoms with Crippen molar-refractivity contribution in [3.8, 4) is 0 Å². The fourth-order valence-corrected chi connectivity index (χ4v) is 2.28. The van der Waals surface area contributed by atoms with E-state index in [0.717, 1.165) is 18.2 Å². The van der Waals surface area contributed by atoms with E-state index in [1.165, 1.54) is 32.0 Å². The van der Waals surface area contributed by atoms with Crippen LogP contribution in [0.4, 0.5) is 34.1 Å². The number of azo groups is 1. The molecule has 2 aromatic rings. The minimum Gasteiger partial charge on any atom is -0.594 e. The van der Waals surface area contributed by atoms with Gasteiger partial charge in [0, 0.05) is 25.0 Å². The first-order chi connectivity index (χ1) is 13.6. The molecule has 0 fully saturated rings. The first-order valence-corrected chi connectivity index (χ1v) is 7.89. The first-order valence-electron chi connectivity index (χ1n) is 7.89. The summed E-state index contributed by atoms with van der Waals surface area (Å²) in [7, 11) is 0. The van der Waals surface area contributed by atoms with Gasteiger partial charge in [-0.1, -0.05) is 0 Å². The predicted octanol–water partition coefficient (Wildman–Crippen LogP) is 3.35. The molecule has 0 spiro atoms. The molecule has 0 unspecified atom stereocenters. The lowest BCUT2D eigenvalue weighted by Gasteiger charge is -2.06. The maximum absolute atomic E-state index is 12.3. The van der Waals surface area contributed by atoms with Crippen LogP contribution in [0.25, 0.3) is 0 Å². The predicted molar refractivity (Wildman–Crippen MR) is 100 cm³/mol. The van der Waals surface area contributed by atoms with Crippen molar-refractivity contribution in [1.82, 2.24) is 0 Å². The summed E-state index contributed by atoms with van der Waals surface area (Å²) in [6.07, 6.45) is 0. The highest BCUT2D eigenvalue weighted by Crippen LogP contribution is 2.32. The average Bonchev–Trinajstić information content (AvgIpc) is 2.61. The molecule has 0 aliphatic rings. The van der Waals surface area contributed by atoms with E-state index in [1.54, 1.807) is 0 Å². The molecule has 0 saturated carbocycles. The highest BCUT2D eigenvalue weighted by molar-refractivity contribution is 5.92. The Morgan fingerprint density at radius 1 is 0.828 bits per heavy atom. The lowest BCUT2D eigenvalue weighted by molar-refractivity contribution is -0.436. The van der Waals surface area contributed by atoms with Crippen molar-refractivity contribution >= 4 is 45.9 Å². The van der Waals surface area contributed by atoms with E-state index >= 15 is 0 Å². The molecule has 0 heterocycles. The molecular weight excluding hydrogens is 388 g/mol. The largest absolute Gasteiger partial charge is 0.594 e. The molecule has 13 nitrogen and oxygen atoms in total. The minimum atomic E-state index is -0.782. The Kier molecular flexibility index (Phi) is 6.13. The summed E-state index contributed by atoms with van der Waals surface area (Å²) in [5.41, 5.74) is -1.54. The number of anilines is 2. The van der Waals surface area contributed by atoms with Gasteiger partial charge in [-0.25, -0.2) is 0 Å². The average molecular weight is 402 g/mol. The summed E-state index contributed by atoms with van der Waals surface area (Å²) in [5, 5.41) is 42.8. The fraction of sp³-hybridized carbons (Fsp3) is 0.125. The highest BCUT2D eigenvalue weighted by Gasteiger charge is 2.20. The Morgan fingerprint density at radius 3 is 1.79 bits per heavy atom. The normalized spacial score (nSPS) is 10.9. The minimum absolute atomic E-state index is 0.0433. The number of hydrogen-bond donors (Lipinski definition) is 2. The summed E-state index contributed by atoms with van der Waals surface area (Å²) in [6.45, 7) is 2.35. The van der Waals surface area contributed by atoms with Crippen molar-refractivity contribution in [1.29, 1.82) is 0 Å². The summed E-state index contributed by atoms with van der Waals surface area (Å²) >= 11 is 0. The van der Waals surface area contributed by atoms with Crippen LogP contribution in [-0.2, 0) is 9.59 Å². The SMILES string of the molecule is CC(=O)Nc1ccc(N=[N+]([O-])c2ccc(NC(C)=O)c([N+](=O)[O-])c2)cc1[N+](=O)[O-]. The highest BCUT2D eigenvalue weighted by atomic mass is 16.6. The van der Waals surface area contributed by atoms with E-state index < -0.39 is 33.0 Å². The van der Waals surface area contributed by atoms with E-state index in [0.29, 0.717) is 0 Å². The van der Waals surface area contributed by atoms with Gasteiger partial charge >= 0.3 is 0 Å². The van der Waals surface area contributed by atoms with Crippen molar-refractivity contribution in [2.45, 2.75) is 13.8 Å². The van der Waals surface area contributed by atoms with Crippen LogP contribution in [0.15, 0.2) is 41.5 Å². The van der Waals surface area contributed by atoms with Gasteiger partial charge in [0.1, 0.15) is 17.1 Å². The van der Waals surface area contributed by atoms with Crippen LogP contribution in [0, 0.1) is 25.4 Å². The maximum atomic E-state index is 12.3. The fourth-order valence-electron chi connectivity index (χ4n) is 2.28. The Labute approximate surface area is 162 Å². The molecule has 0 bridgehead atoms. The molecule has 2 amide bonds. The van der Waals surface area contributed by atoms with E-state index in [1.807, 2.05) is 0 Å². The smallest absolute Gasteiger partial charge is 0.299 e. The van der Waals surface area contributed by atoms with Gasteiger partial charge in [-0.2, -0.15) is 0 Å². The van der Waals surface area contributed by atoms with Crippen LogP contribution in [0.2, 0.25) is 0 Å². The quantitative estimate of drug-likeness (QED) is 0.321. The number of carbonyl (C=O) groups excluding carboxylic acids is 2. The van der Waals surface area contributed by atoms with Crippen molar-refractivity contribution in [2.75, 3.05) is 10.6 Å². The molecule has 2 rings (SSSR count). The zero-order chi connectivity index (χ0) is 21.7. The zero-order valence-corrected chi connectivity index (χ0v) is 15.1. The molecule has 0 saturated heterocycles.